The van der Waals surface area contributed by atoms with Crippen LogP contribution in [0, 0.1) is 24.4 Å². The summed E-state index contributed by atoms with van der Waals surface area (Å²) in [6, 6.07) is 9.27. The van der Waals surface area contributed by atoms with Crippen LogP contribution in [0.15, 0.2) is 70.7 Å². The zero-order valence-corrected chi connectivity index (χ0v) is 38.9. The van der Waals surface area contributed by atoms with E-state index in [1.54, 1.807) is 15.2 Å². The van der Waals surface area contributed by atoms with E-state index in [1.165, 1.54) is 6.07 Å². The molecule has 0 bridgehead atoms. The summed E-state index contributed by atoms with van der Waals surface area (Å²) in [5, 5.41) is 1.45. The van der Waals surface area contributed by atoms with Crippen molar-refractivity contribution >= 4 is 21.8 Å². The molecule has 4 aromatic heterocycles. The van der Waals surface area contributed by atoms with Crippen LogP contribution in [-0.2, 0) is 62.9 Å². The number of hydrogen-bond donors (Lipinski definition) is 1. The smallest absolute Gasteiger partial charge is 0.258 e. The van der Waals surface area contributed by atoms with Crippen molar-refractivity contribution in [3.63, 3.8) is 0 Å². The predicted octanol–water partition coefficient (Wildman–Crippen LogP) is 10.1. The minimum Gasteiger partial charge on any atom is -0.494 e. The summed E-state index contributed by atoms with van der Waals surface area (Å²) in [4.78, 5) is 36.9. The standard InChI is InChI=1S/C28H30FN3O3.C25H24F2N2O3/c1-6-28(35-13(2)3)15(5)34-12-18-19(28)9-23-26-17(11-32(23)27(18)33)24-21(30)8-7-16-14(4)20(29)10-22(31-26)25(16)24;1-5-25(32-13(2)3)10-14(4)31-12-17-18(25)8-22-23-16(11-29(22)24(17)30)6-15-7-19(26)20(27)9-21(15)28-23/h9-10,13,21H,5-8,11-12,30H2,1-4H3;6-9,13H,4-5,10-12H2,1-3H3/t21-,28+;25-/m01/s1. The summed E-state index contributed by atoms with van der Waals surface area (Å²) in [6.45, 7) is 22.8. The number of benzene rings is 2. The van der Waals surface area contributed by atoms with Gasteiger partial charge in [0.1, 0.15) is 36.0 Å². The first kappa shape index (κ1) is 44.7. The molecule has 6 aromatic rings. The number of ether oxygens (including phenoxy) is 4. The SMILES string of the molecule is C=C1C[C@@](CC)(OC(C)C)c2cc3n(c(=O)c2CO1)Cc1cc2cc(F)c(F)cc2nc1-3.C=C1OCc2c(cc3n(c2=O)Cc2c-3nc3cc(F)c(C)c4c3c2[C@@H](N)CC4)[C@]1(CC)OC(C)C. The number of halogens is 3. The molecule has 0 saturated carbocycles. The Kier molecular flexibility index (Phi) is 10.7. The molecule has 0 amide bonds. The second kappa shape index (κ2) is 16.0. The molecule has 11 nitrogen and oxygen atoms in total. The molecular weight excluding hydrogens is 860 g/mol. The highest BCUT2D eigenvalue weighted by molar-refractivity contribution is 5.93. The van der Waals surface area contributed by atoms with Gasteiger partial charge in [0, 0.05) is 52.1 Å². The number of fused-ring (bicyclic) bond motifs is 10. The summed E-state index contributed by atoms with van der Waals surface area (Å²) in [6.07, 6.45) is 2.93. The van der Waals surface area contributed by atoms with Gasteiger partial charge in [0.25, 0.3) is 11.1 Å². The van der Waals surface area contributed by atoms with Gasteiger partial charge in [-0.05, 0) is 107 Å². The van der Waals surface area contributed by atoms with Crippen molar-refractivity contribution < 1.29 is 32.1 Å². The number of nitrogens with two attached hydrogens (primary N) is 1. The number of aromatic nitrogens is 4. The molecule has 1 aliphatic carbocycles. The maximum atomic E-state index is 14.8. The van der Waals surface area contributed by atoms with Gasteiger partial charge in [-0.1, -0.05) is 27.0 Å². The molecule has 2 N–H and O–H groups in total. The highest BCUT2D eigenvalue weighted by atomic mass is 19.2. The van der Waals surface area contributed by atoms with Gasteiger partial charge in [-0.3, -0.25) is 9.59 Å². The summed E-state index contributed by atoms with van der Waals surface area (Å²) >= 11 is 0. The first-order valence-corrected chi connectivity index (χ1v) is 23.1. The van der Waals surface area contributed by atoms with Crippen LogP contribution in [0.4, 0.5) is 13.2 Å². The summed E-state index contributed by atoms with van der Waals surface area (Å²) in [7, 11) is 0. The molecule has 67 heavy (non-hydrogen) atoms. The third-order valence-corrected chi connectivity index (χ3v) is 14.3. The van der Waals surface area contributed by atoms with E-state index in [-0.39, 0.29) is 48.4 Å². The molecular formula is C53H54F3N5O6. The van der Waals surface area contributed by atoms with E-state index in [1.807, 2.05) is 60.6 Å². The second-order valence-corrected chi connectivity index (χ2v) is 19.0. The van der Waals surface area contributed by atoms with Crippen LogP contribution in [0.5, 0.6) is 0 Å². The van der Waals surface area contributed by atoms with Crippen LogP contribution in [0.25, 0.3) is 44.6 Å². The molecule has 0 spiro atoms. The summed E-state index contributed by atoms with van der Waals surface area (Å²) in [5.74, 6) is -1.04. The minimum atomic E-state index is -0.951. The zero-order chi connectivity index (χ0) is 47.6. The molecule has 14 heteroatoms. The average molecular weight is 914 g/mol. The number of hydrogen-bond acceptors (Lipinski definition) is 9. The van der Waals surface area contributed by atoms with Crippen molar-refractivity contribution in [2.75, 3.05) is 0 Å². The fourth-order valence-electron chi connectivity index (χ4n) is 11.2. The average Bonchev–Trinajstić information content (AvgIpc) is 3.79. The molecule has 348 valence electrons. The topological polar surface area (TPSA) is 133 Å². The molecule has 3 atom stereocenters. The maximum Gasteiger partial charge on any atom is 0.258 e. The first-order valence-electron chi connectivity index (χ1n) is 23.1. The quantitative estimate of drug-likeness (QED) is 0.173. The van der Waals surface area contributed by atoms with Crippen LogP contribution in [0.2, 0.25) is 0 Å². The summed E-state index contributed by atoms with van der Waals surface area (Å²) in [5.41, 5.74) is 15.4. The Morgan fingerprint density at radius 2 is 1.40 bits per heavy atom. The Morgan fingerprint density at radius 1 is 0.776 bits per heavy atom. The lowest BCUT2D eigenvalue weighted by Crippen LogP contribution is -2.42. The van der Waals surface area contributed by atoms with E-state index in [2.05, 4.69) is 18.1 Å². The van der Waals surface area contributed by atoms with E-state index in [0.29, 0.717) is 99.8 Å². The first-order chi connectivity index (χ1) is 31.9. The van der Waals surface area contributed by atoms with Crippen LogP contribution in [0.3, 0.4) is 0 Å². The molecule has 0 unspecified atom stereocenters. The predicted molar refractivity (Wildman–Crippen MR) is 250 cm³/mol. The minimum absolute atomic E-state index is 0.0723. The third-order valence-electron chi connectivity index (χ3n) is 14.3. The monoisotopic (exact) mass is 913 g/mol. The maximum absolute atomic E-state index is 14.8. The Hall–Kier alpha value is -6.09. The Balaban J connectivity index is 0.000000157. The van der Waals surface area contributed by atoms with Gasteiger partial charge >= 0.3 is 0 Å². The van der Waals surface area contributed by atoms with Crippen LogP contribution in [0.1, 0.15) is 123 Å². The van der Waals surface area contributed by atoms with E-state index < -0.39 is 22.8 Å². The lowest BCUT2D eigenvalue weighted by molar-refractivity contribution is -0.105. The molecule has 0 fully saturated rings. The van der Waals surface area contributed by atoms with Crippen molar-refractivity contribution in [3.05, 3.63) is 149 Å². The van der Waals surface area contributed by atoms with Gasteiger partial charge in [0.2, 0.25) is 0 Å². The zero-order valence-electron chi connectivity index (χ0n) is 38.9. The van der Waals surface area contributed by atoms with Crippen molar-refractivity contribution in [1.82, 2.24) is 19.1 Å². The Labute approximate surface area is 386 Å². The molecule has 11 rings (SSSR count). The van der Waals surface area contributed by atoms with Crippen LogP contribution < -0.4 is 16.9 Å². The van der Waals surface area contributed by atoms with Gasteiger partial charge in [0.05, 0.1) is 76.0 Å². The largest absolute Gasteiger partial charge is 0.494 e. The Bertz CT molecular complexity index is 3290. The van der Waals surface area contributed by atoms with Crippen molar-refractivity contribution in [2.24, 2.45) is 5.73 Å². The van der Waals surface area contributed by atoms with Crippen LogP contribution >= 0.6 is 0 Å². The summed E-state index contributed by atoms with van der Waals surface area (Å²) < 4.78 is 70.3. The van der Waals surface area contributed by atoms with Crippen molar-refractivity contribution in [3.8, 4) is 22.8 Å². The molecule has 5 aliphatic rings. The Morgan fingerprint density at radius 3 is 2.10 bits per heavy atom. The van der Waals surface area contributed by atoms with Crippen LogP contribution in [-0.4, -0.2) is 31.3 Å². The third kappa shape index (κ3) is 6.80. The number of rotatable bonds is 6. The number of aryl methyl sites for hydroxylation is 1. The number of nitrogens with zero attached hydrogens (tertiary/aromatic N) is 4. The highest BCUT2D eigenvalue weighted by Crippen LogP contribution is 2.48. The lowest BCUT2D eigenvalue weighted by atomic mass is 9.82. The molecule has 0 radical (unpaired) electrons. The van der Waals surface area contributed by atoms with Gasteiger partial charge in [0.15, 0.2) is 11.6 Å². The van der Waals surface area contributed by atoms with Crippen molar-refractivity contribution in [1.29, 1.82) is 0 Å². The van der Waals surface area contributed by atoms with Gasteiger partial charge < -0.3 is 33.8 Å². The fourth-order valence-corrected chi connectivity index (χ4v) is 11.2. The fraction of sp³-hybridized carbons (Fsp3) is 0.396. The van der Waals surface area contributed by atoms with E-state index >= 15 is 0 Å². The van der Waals surface area contributed by atoms with E-state index in [4.69, 9.17) is 29.7 Å². The van der Waals surface area contributed by atoms with Crippen molar-refractivity contribution in [2.45, 2.75) is 136 Å². The molecule has 0 saturated heterocycles. The van der Waals surface area contributed by atoms with Gasteiger partial charge in [-0.15, -0.1) is 0 Å². The van der Waals surface area contributed by atoms with Gasteiger partial charge in [-0.25, -0.2) is 23.1 Å². The lowest BCUT2D eigenvalue weighted by Gasteiger charge is -2.41. The normalized spacial score (nSPS) is 20.9. The molecule has 4 aliphatic heterocycles. The van der Waals surface area contributed by atoms with E-state index in [0.717, 1.165) is 63.7 Å². The van der Waals surface area contributed by atoms with Gasteiger partial charge in [-0.2, -0.15) is 0 Å². The highest BCUT2D eigenvalue weighted by Gasteiger charge is 2.46. The second-order valence-electron chi connectivity index (χ2n) is 19.0. The molecule has 2 aromatic carbocycles. The molecule has 8 heterocycles. The van der Waals surface area contributed by atoms with E-state index in [9.17, 15) is 22.8 Å². The number of pyridine rings is 4.